The molecule has 3 heteroatoms. The van der Waals surface area contributed by atoms with Crippen molar-refractivity contribution >= 4 is 0 Å². The van der Waals surface area contributed by atoms with Crippen LogP contribution in [-0.2, 0) is 6.54 Å². The van der Waals surface area contributed by atoms with Crippen molar-refractivity contribution in [3.63, 3.8) is 0 Å². The Kier molecular flexibility index (Phi) is 2.65. The summed E-state index contributed by atoms with van der Waals surface area (Å²) >= 11 is 0. The summed E-state index contributed by atoms with van der Waals surface area (Å²) in [4.78, 5) is 2.45. The normalized spacial score (nSPS) is 29.6. The third-order valence-corrected chi connectivity index (χ3v) is 3.76. The monoisotopic (exact) mass is 220 g/mol. The highest BCUT2D eigenvalue weighted by molar-refractivity contribution is 5.16. The number of likely N-dealkylation sites (tertiary alicyclic amines) is 1. The summed E-state index contributed by atoms with van der Waals surface area (Å²) in [6.07, 6.45) is 0. The standard InChI is InChI=1S/C13H17FN2/c14-13-3-1-2-10(4-13)7-16-8-11-5-15-6-12(11)9-16/h1-4,11-12,15H,5-9H2. The van der Waals surface area contributed by atoms with Gasteiger partial charge in [0.1, 0.15) is 5.82 Å². The van der Waals surface area contributed by atoms with Crippen LogP contribution in [0.4, 0.5) is 4.39 Å². The molecule has 0 saturated carbocycles. The summed E-state index contributed by atoms with van der Waals surface area (Å²) in [5.74, 6) is 1.50. The first-order valence-corrected chi connectivity index (χ1v) is 5.99. The molecule has 2 nitrogen and oxygen atoms in total. The van der Waals surface area contributed by atoms with E-state index < -0.39 is 0 Å². The third-order valence-electron chi connectivity index (χ3n) is 3.76. The lowest BCUT2D eigenvalue weighted by Gasteiger charge is -2.16. The summed E-state index contributed by atoms with van der Waals surface area (Å²) in [6.45, 7) is 5.53. The van der Waals surface area contributed by atoms with E-state index in [2.05, 4.69) is 10.2 Å². The zero-order chi connectivity index (χ0) is 11.0. The first-order chi connectivity index (χ1) is 7.81. The second-order valence-corrected chi connectivity index (χ2v) is 5.00. The van der Waals surface area contributed by atoms with E-state index in [4.69, 9.17) is 0 Å². The molecule has 2 heterocycles. The molecule has 1 N–H and O–H groups in total. The maximum Gasteiger partial charge on any atom is 0.123 e. The van der Waals surface area contributed by atoms with E-state index in [1.807, 2.05) is 6.07 Å². The maximum atomic E-state index is 13.0. The lowest BCUT2D eigenvalue weighted by molar-refractivity contribution is 0.305. The van der Waals surface area contributed by atoms with Gasteiger partial charge in [0.05, 0.1) is 0 Å². The molecular formula is C13H17FN2. The summed E-state index contributed by atoms with van der Waals surface area (Å²) in [5, 5.41) is 3.43. The van der Waals surface area contributed by atoms with Gasteiger partial charge in [-0.05, 0) is 42.6 Å². The van der Waals surface area contributed by atoms with Crippen LogP contribution in [0, 0.1) is 17.7 Å². The average molecular weight is 220 g/mol. The fraction of sp³-hybridized carbons (Fsp3) is 0.538. The second kappa shape index (κ2) is 4.15. The number of nitrogens with one attached hydrogen (secondary N) is 1. The Bertz CT molecular complexity index is 368. The Morgan fingerprint density at radius 3 is 2.69 bits per heavy atom. The zero-order valence-corrected chi connectivity index (χ0v) is 9.32. The van der Waals surface area contributed by atoms with Gasteiger partial charge in [0, 0.05) is 19.6 Å². The van der Waals surface area contributed by atoms with Gasteiger partial charge in [0.15, 0.2) is 0 Å². The van der Waals surface area contributed by atoms with Crippen molar-refractivity contribution in [3.05, 3.63) is 35.6 Å². The minimum absolute atomic E-state index is 0.126. The molecule has 0 aromatic heterocycles. The van der Waals surface area contributed by atoms with Gasteiger partial charge in [0.25, 0.3) is 0 Å². The molecule has 2 fully saturated rings. The second-order valence-electron chi connectivity index (χ2n) is 5.00. The largest absolute Gasteiger partial charge is 0.316 e. The SMILES string of the molecule is Fc1cccc(CN2CC3CNCC3C2)c1. The van der Waals surface area contributed by atoms with Gasteiger partial charge in [-0.15, -0.1) is 0 Å². The number of fused-ring (bicyclic) bond motifs is 1. The van der Waals surface area contributed by atoms with Crippen LogP contribution in [0.25, 0.3) is 0 Å². The van der Waals surface area contributed by atoms with Gasteiger partial charge >= 0.3 is 0 Å². The van der Waals surface area contributed by atoms with E-state index in [9.17, 15) is 4.39 Å². The fourth-order valence-electron chi connectivity index (χ4n) is 2.98. The molecule has 2 aliphatic rings. The first-order valence-electron chi connectivity index (χ1n) is 5.99. The summed E-state index contributed by atoms with van der Waals surface area (Å²) in [6, 6.07) is 6.96. The van der Waals surface area contributed by atoms with Crippen molar-refractivity contribution in [1.29, 1.82) is 0 Å². The minimum Gasteiger partial charge on any atom is -0.316 e. The lowest BCUT2D eigenvalue weighted by atomic mass is 10.0. The highest BCUT2D eigenvalue weighted by Crippen LogP contribution is 2.27. The molecule has 0 bridgehead atoms. The van der Waals surface area contributed by atoms with Crippen LogP contribution in [0.3, 0.4) is 0 Å². The van der Waals surface area contributed by atoms with E-state index in [1.165, 1.54) is 6.07 Å². The Labute approximate surface area is 95.4 Å². The van der Waals surface area contributed by atoms with Crippen LogP contribution in [-0.4, -0.2) is 31.1 Å². The molecular weight excluding hydrogens is 203 g/mol. The van der Waals surface area contributed by atoms with Gasteiger partial charge in [0.2, 0.25) is 0 Å². The van der Waals surface area contributed by atoms with E-state index in [-0.39, 0.29) is 5.82 Å². The molecule has 2 aliphatic heterocycles. The lowest BCUT2D eigenvalue weighted by Crippen LogP contribution is -2.25. The van der Waals surface area contributed by atoms with E-state index in [0.717, 1.165) is 50.1 Å². The van der Waals surface area contributed by atoms with E-state index >= 15 is 0 Å². The smallest absolute Gasteiger partial charge is 0.123 e. The van der Waals surface area contributed by atoms with Gasteiger partial charge in [-0.2, -0.15) is 0 Å². The van der Waals surface area contributed by atoms with Crippen molar-refractivity contribution < 1.29 is 4.39 Å². The molecule has 86 valence electrons. The average Bonchev–Trinajstić information content (AvgIpc) is 2.77. The molecule has 2 atom stereocenters. The number of rotatable bonds is 2. The summed E-state index contributed by atoms with van der Waals surface area (Å²) in [7, 11) is 0. The van der Waals surface area contributed by atoms with Gasteiger partial charge in [-0.25, -0.2) is 4.39 Å². The van der Waals surface area contributed by atoms with Crippen molar-refractivity contribution in [2.24, 2.45) is 11.8 Å². The van der Waals surface area contributed by atoms with Gasteiger partial charge in [-0.3, -0.25) is 4.90 Å². The third kappa shape index (κ3) is 1.97. The Balaban J connectivity index is 1.64. The molecule has 0 aliphatic carbocycles. The van der Waals surface area contributed by atoms with Crippen molar-refractivity contribution in [2.45, 2.75) is 6.54 Å². The molecule has 0 radical (unpaired) electrons. The molecule has 16 heavy (non-hydrogen) atoms. The van der Waals surface area contributed by atoms with Gasteiger partial charge in [-0.1, -0.05) is 12.1 Å². The van der Waals surface area contributed by atoms with Crippen LogP contribution in [0.15, 0.2) is 24.3 Å². The van der Waals surface area contributed by atoms with Crippen LogP contribution < -0.4 is 5.32 Å². The number of halogens is 1. The molecule has 1 aromatic rings. The molecule has 3 rings (SSSR count). The van der Waals surface area contributed by atoms with Crippen molar-refractivity contribution in [2.75, 3.05) is 26.2 Å². The first kappa shape index (κ1) is 10.2. The predicted octanol–water partition coefficient (Wildman–Crippen LogP) is 1.48. The van der Waals surface area contributed by atoms with Crippen LogP contribution >= 0.6 is 0 Å². The summed E-state index contributed by atoms with van der Waals surface area (Å²) in [5.41, 5.74) is 1.09. The molecule has 2 saturated heterocycles. The Hall–Kier alpha value is -0.930. The van der Waals surface area contributed by atoms with Crippen molar-refractivity contribution in [1.82, 2.24) is 10.2 Å². The fourth-order valence-corrected chi connectivity index (χ4v) is 2.98. The predicted molar refractivity (Wildman–Crippen MR) is 61.5 cm³/mol. The zero-order valence-electron chi connectivity index (χ0n) is 9.32. The quantitative estimate of drug-likeness (QED) is 0.812. The highest BCUT2D eigenvalue weighted by Gasteiger charge is 2.35. The number of hydrogen-bond donors (Lipinski definition) is 1. The van der Waals surface area contributed by atoms with Crippen LogP contribution in [0.5, 0.6) is 0 Å². The minimum atomic E-state index is -0.126. The van der Waals surface area contributed by atoms with Gasteiger partial charge < -0.3 is 5.32 Å². The maximum absolute atomic E-state index is 13.0. The van der Waals surface area contributed by atoms with Crippen LogP contribution in [0.1, 0.15) is 5.56 Å². The summed E-state index contributed by atoms with van der Waals surface area (Å²) < 4.78 is 13.0. The number of nitrogens with zero attached hydrogens (tertiary/aromatic N) is 1. The Morgan fingerprint density at radius 1 is 1.25 bits per heavy atom. The van der Waals surface area contributed by atoms with Crippen LogP contribution in [0.2, 0.25) is 0 Å². The van der Waals surface area contributed by atoms with E-state index in [0.29, 0.717) is 0 Å². The topological polar surface area (TPSA) is 15.3 Å². The molecule has 0 amide bonds. The van der Waals surface area contributed by atoms with E-state index in [1.54, 1.807) is 12.1 Å². The molecule has 0 spiro atoms. The Morgan fingerprint density at radius 2 is 2.00 bits per heavy atom. The number of hydrogen-bond acceptors (Lipinski definition) is 2. The van der Waals surface area contributed by atoms with Crippen molar-refractivity contribution in [3.8, 4) is 0 Å². The highest BCUT2D eigenvalue weighted by atomic mass is 19.1. The molecule has 2 unspecified atom stereocenters. The number of benzene rings is 1. The molecule has 1 aromatic carbocycles.